The lowest BCUT2D eigenvalue weighted by Gasteiger charge is -2.32. The van der Waals surface area contributed by atoms with Crippen molar-refractivity contribution in [3.05, 3.63) is 131 Å². The van der Waals surface area contributed by atoms with E-state index in [0.29, 0.717) is 22.6 Å². The molecule has 0 heterocycles. The number of nitrogens with one attached hydrogen (secondary N) is 2. The van der Waals surface area contributed by atoms with E-state index in [4.69, 9.17) is 5.73 Å². The van der Waals surface area contributed by atoms with Crippen LogP contribution in [0.15, 0.2) is 124 Å². The van der Waals surface area contributed by atoms with Crippen LogP contribution in [0.5, 0.6) is 0 Å². The van der Waals surface area contributed by atoms with Crippen LogP contribution >= 0.6 is 0 Å². The molecule has 1 unspecified atom stereocenters. The predicted molar refractivity (Wildman–Crippen MR) is 179 cm³/mol. The molecule has 5 rings (SSSR count). The summed E-state index contributed by atoms with van der Waals surface area (Å²) in [5.41, 5.74) is 5.83. The molecule has 0 amide bonds. The third-order valence-corrected chi connectivity index (χ3v) is 10.2. The topological polar surface area (TPSA) is 233 Å². The first-order valence-corrected chi connectivity index (χ1v) is 18.2. The maximum absolute atomic E-state index is 12.6. The summed E-state index contributed by atoms with van der Waals surface area (Å²) in [5.74, 6) is 0. The number of nitrogens with two attached hydrogens (primary N) is 1. The summed E-state index contributed by atoms with van der Waals surface area (Å²) in [6.45, 7) is 1.60. The Labute approximate surface area is 277 Å². The maximum atomic E-state index is 12.6. The minimum Gasteiger partial charge on any atom is -0.398 e. The van der Waals surface area contributed by atoms with E-state index >= 15 is 0 Å². The Bertz CT molecular complexity index is 2330. The minimum absolute atomic E-state index is 0.0605. The summed E-state index contributed by atoms with van der Waals surface area (Å²) in [6, 6.07) is 25.5. The standard InChI is InChI=1S/C32H29N3O10S3/c1-20-18-27(31(19-28(20)33)48(43,44)45)32(36,21-6-10-23(11-7-21)34-24-14-16-26(17-15-24)46(37,38)39)22-8-12-25(13-9-22)35-29-4-2-3-5-30(29)47(40,41)42/h2-19,34-36H,33H2,1H3,(H,37,38,39)(H,40,41,42)(H,43,44,45). The van der Waals surface area contributed by atoms with Crippen molar-refractivity contribution in [1.82, 2.24) is 0 Å². The highest BCUT2D eigenvalue weighted by molar-refractivity contribution is 7.86. The van der Waals surface area contributed by atoms with Crippen molar-refractivity contribution in [3.8, 4) is 0 Å². The number of aliphatic hydroxyl groups is 1. The summed E-state index contributed by atoms with van der Waals surface area (Å²) >= 11 is 0. The van der Waals surface area contributed by atoms with E-state index in [2.05, 4.69) is 10.6 Å². The lowest BCUT2D eigenvalue weighted by atomic mass is 9.79. The molecule has 16 heteroatoms. The lowest BCUT2D eigenvalue weighted by molar-refractivity contribution is 0.122. The third kappa shape index (κ3) is 7.19. The smallest absolute Gasteiger partial charge is 0.296 e. The molecule has 0 aromatic heterocycles. The number of aryl methyl sites for hydroxylation is 1. The van der Waals surface area contributed by atoms with E-state index in [1.165, 1.54) is 84.9 Å². The van der Waals surface area contributed by atoms with Gasteiger partial charge in [-0.1, -0.05) is 36.4 Å². The monoisotopic (exact) mass is 711 g/mol. The summed E-state index contributed by atoms with van der Waals surface area (Å²) in [7, 11) is -13.8. The predicted octanol–water partition coefficient (Wildman–Crippen LogP) is 5.09. The Morgan fingerprint density at radius 1 is 0.583 bits per heavy atom. The largest absolute Gasteiger partial charge is 0.398 e. The van der Waals surface area contributed by atoms with Crippen LogP contribution in [0.2, 0.25) is 0 Å². The van der Waals surface area contributed by atoms with Crippen LogP contribution in [0.3, 0.4) is 0 Å². The van der Waals surface area contributed by atoms with E-state index in [-0.39, 0.29) is 37.9 Å². The second-order valence-corrected chi connectivity index (χ2v) is 15.0. The van der Waals surface area contributed by atoms with Crippen LogP contribution in [0.1, 0.15) is 22.3 Å². The second kappa shape index (κ2) is 12.7. The number of anilines is 5. The van der Waals surface area contributed by atoms with Gasteiger partial charge in [0.15, 0.2) is 0 Å². The van der Waals surface area contributed by atoms with Gasteiger partial charge >= 0.3 is 0 Å². The van der Waals surface area contributed by atoms with Gasteiger partial charge in [0.1, 0.15) is 15.4 Å². The molecule has 0 spiro atoms. The summed E-state index contributed by atoms with van der Waals surface area (Å²) in [4.78, 5) is -1.27. The maximum Gasteiger partial charge on any atom is 0.296 e. The third-order valence-electron chi connectivity index (χ3n) is 7.53. The minimum atomic E-state index is -4.91. The van der Waals surface area contributed by atoms with Crippen molar-refractivity contribution >= 4 is 58.8 Å². The average molecular weight is 712 g/mol. The molecule has 13 nitrogen and oxygen atoms in total. The number of benzene rings is 5. The molecule has 0 saturated heterocycles. The molecule has 0 saturated carbocycles. The molecule has 0 bridgehead atoms. The zero-order valence-electron chi connectivity index (χ0n) is 24.9. The number of para-hydroxylation sites is 1. The molecule has 0 aliphatic carbocycles. The highest BCUT2D eigenvalue weighted by atomic mass is 32.2. The van der Waals surface area contributed by atoms with Crippen molar-refractivity contribution in [1.29, 1.82) is 0 Å². The fraction of sp³-hybridized carbons (Fsp3) is 0.0625. The van der Waals surface area contributed by atoms with E-state index in [1.807, 2.05) is 0 Å². The Kier molecular flexibility index (Phi) is 9.11. The highest BCUT2D eigenvalue weighted by Crippen LogP contribution is 2.42. The number of nitrogen functional groups attached to an aromatic ring is 1. The molecule has 250 valence electrons. The molecule has 0 radical (unpaired) electrons. The molecular formula is C32H29N3O10S3. The molecule has 5 aromatic carbocycles. The zero-order chi connectivity index (χ0) is 35.1. The van der Waals surface area contributed by atoms with Crippen molar-refractivity contribution < 1.29 is 44.0 Å². The molecule has 5 aromatic rings. The van der Waals surface area contributed by atoms with Crippen molar-refractivity contribution in [2.24, 2.45) is 0 Å². The number of hydrogen-bond donors (Lipinski definition) is 7. The van der Waals surface area contributed by atoms with Gasteiger partial charge in [-0.2, -0.15) is 25.3 Å². The average Bonchev–Trinajstić information content (AvgIpc) is 3.01. The summed E-state index contributed by atoms with van der Waals surface area (Å²) in [6.07, 6.45) is 0. The number of hydrogen-bond acceptors (Lipinski definition) is 10. The number of rotatable bonds is 10. The van der Waals surface area contributed by atoms with Gasteiger partial charge in [-0.3, -0.25) is 13.7 Å². The van der Waals surface area contributed by atoms with Gasteiger partial charge in [0.05, 0.1) is 10.6 Å². The highest BCUT2D eigenvalue weighted by Gasteiger charge is 2.39. The molecule has 8 N–H and O–H groups in total. The van der Waals surface area contributed by atoms with E-state index in [9.17, 15) is 44.0 Å². The van der Waals surface area contributed by atoms with Crippen LogP contribution in [0.4, 0.5) is 28.4 Å². The van der Waals surface area contributed by atoms with Crippen LogP contribution in [-0.4, -0.2) is 44.0 Å². The van der Waals surface area contributed by atoms with Gasteiger partial charge in [-0.15, -0.1) is 0 Å². The normalized spacial score (nSPS) is 13.4. The molecule has 0 aliphatic rings. The fourth-order valence-corrected chi connectivity index (χ4v) is 6.98. The van der Waals surface area contributed by atoms with E-state index < -0.39 is 40.9 Å². The molecule has 1 atom stereocenters. The zero-order valence-corrected chi connectivity index (χ0v) is 27.4. The molecule has 48 heavy (non-hydrogen) atoms. The first-order chi connectivity index (χ1) is 22.4. The van der Waals surface area contributed by atoms with Gasteiger partial charge < -0.3 is 21.5 Å². The Balaban J connectivity index is 1.59. The molecule has 0 fully saturated rings. The first-order valence-electron chi connectivity index (χ1n) is 13.9. The van der Waals surface area contributed by atoms with Gasteiger partial charge in [0.25, 0.3) is 30.4 Å². The van der Waals surface area contributed by atoms with Crippen molar-refractivity contribution in [2.45, 2.75) is 27.2 Å². The molecule has 0 aliphatic heterocycles. The van der Waals surface area contributed by atoms with Gasteiger partial charge in [0.2, 0.25) is 0 Å². The Morgan fingerprint density at radius 2 is 1.04 bits per heavy atom. The Morgan fingerprint density at radius 3 is 1.52 bits per heavy atom. The van der Waals surface area contributed by atoms with Crippen LogP contribution in [0, 0.1) is 6.92 Å². The van der Waals surface area contributed by atoms with Crippen molar-refractivity contribution in [3.63, 3.8) is 0 Å². The van der Waals surface area contributed by atoms with Crippen LogP contribution in [-0.2, 0) is 36.0 Å². The SMILES string of the molecule is Cc1cc(C(O)(c2ccc(Nc3ccc(S(=O)(=O)O)cc3)cc2)c2ccc(Nc3ccccc3S(=O)(=O)O)cc2)c(S(=O)(=O)O)cc1N. The van der Waals surface area contributed by atoms with Crippen molar-refractivity contribution in [2.75, 3.05) is 16.4 Å². The summed E-state index contributed by atoms with van der Waals surface area (Å²) in [5, 5.41) is 18.5. The summed E-state index contributed by atoms with van der Waals surface area (Å²) < 4.78 is 101. The fourth-order valence-electron chi connectivity index (χ4n) is 5.09. The quantitative estimate of drug-likeness (QED) is 0.0569. The van der Waals surface area contributed by atoms with Crippen LogP contribution in [0.25, 0.3) is 0 Å². The van der Waals surface area contributed by atoms with Gasteiger partial charge in [-0.25, -0.2) is 0 Å². The Hall–Kier alpha value is -4.81. The second-order valence-electron chi connectivity index (χ2n) is 10.8. The van der Waals surface area contributed by atoms with Gasteiger partial charge in [0, 0.05) is 28.3 Å². The van der Waals surface area contributed by atoms with E-state index in [1.54, 1.807) is 25.1 Å². The van der Waals surface area contributed by atoms with Crippen LogP contribution < -0.4 is 16.4 Å². The van der Waals surface area contributed by atoms with E-state index in [0.717, 1.165) is 6.07 Å². The first kappa shape index (κ1) is 34.5. The molecular weight excluding hydrogens is 683 g/mol. The van der Waals surface area contributed by atoms with Gasteiger partial charge in [-0.05, 0) is 96.4 Å². The lowest BCUT2D eigenvalue weighted by Crippen LogP contribution is -2.31.